The molecule has 2 N–H and O–H groups in total. The van der Waals surface area contributed by atoms with E-state index in [1.807, 2.05) is 12.1 Å². The molecule has 1 aromatic heterocycles. The fraction of sp³-hybridized carbons (Fsp3) is 0.267. The van der Waals surface area contributed by atoms with Crippen LogP contribution in [-0.4, -0.2) is 4.98 Å². The van der Waals surface area contributed by atoms with Gasteiger partial charge in [0.2, 0.25) is 0 Å². The maximum absolute atomic E-state index is 13.9. The Hall–Kier alpha value is -1.81. The number of benzene rings is 1. The van der Waals surface area contributed by atoms with Crippen LogP contribution in [0.3, 0.4) is 0 Å². The van der Waals surface area contributed by atoms with Gasteiger partial charge in [-0.1, -0.05) is 12.1 Å². The van der Waals surface area contributed by atoms with Crippen molar-refractivity contribution in [2.24, 2.45) is 5.73 Å². The van der Waals surface area contributed by atoms with Crippen LogP contribution in [0.5, 0.6) is 0 Å². The van der Waals surface area contributed by atoms with Crippen LogP contribution in [0, 0.1) is 18.6 Å². The average molecular weight is 262 g/mol. The van der Waals surface area contributed by atoms with Crippen LogP contribution >= 0.6 is 0 Å². The zero-order valence-corrected chi connectivity index (χ0v) is 10.7. The van der Waals surface area contributed by atoms with Crippen molar-refractivity contribution in [3.63, 3.8) is 0 Å². The lowest BCUT2D eigenvalue weighted by Crippen LogP contribution is -2.16. The van der Waals surface area contributed by atoms with E-state index in [9.17, 15) is 8.78 Å². The minimum Gasteiger partial charge on any atom is -0.324 e. The van der Waals surface area contributed by atoms with Crippen LogP contribution in [0.4, 0.5) is 8.78 Å². The molecule has 19 heavy (non-hydrogen) atoms. The zero-order chi connectivity index (χ0) is 13.8. The van der Waals surface area contributed by atoms with E-state index >= 15 is 0 Å². The van der Waals surface area contributed by atoms with Crippen LogP contribution in [0.2, 0.25) is 0 Å². The Morgan fingerprint density at radius 3 is 2.74 bits per heavy atom. The topological polar surface area (TPSA) is 38.9 Å². The Morgan fingerprint density at radius 2 is 2.05 bits per heavy atom. The van der Waals surface area contributed by atoms with E-state index in [2.05, 4.69) is 4.98 Å². The maximum atomic E-state index is 13.9. The number of hydrogen-bond acceptors (Lipinski definition) is 2. The molecular weight excluding hydrogens is 246 g/mol. The molecule has 0 fully saturated rings. The first kappa shape index (κ1) is 13.6. The highest BCUT2D eigenvalue weighted by atomic mass is 19.1. The van der Waals surface area contributed by atoms with Crippen LogP contribution in [-0.2, 0) is 6.42 Å². The van der Waals surface area contributed by atoms with Crippen LogP contribution in [0.25, 0.3) is 0 Å². The second-order valence-electron chi connectivity index (χ2n) is 4.60. The highest BCUT2D eigenvalue weighted by Gasteiger charge is 2.18. The van der Waals surface area contributed by atoms with Gasteiger partial charge in [-0.25, -0.2) is 8.78 Å². The van der Waals surface area contributed by atoms with Crippen molar-refractivity contribution in [3.05, 3.63) is 65.0 Å². The predicted molar refractivity (Wildman–Crippen MR) is 70.6 cm³/mol. The molecule has 1 unspecified atom stereocenters. The molecule has 0 saturated carbocycles. The molecule has 1 atom stereocenters. The standard InChI is InChI=1S/C15H16F2N2/c1-10-4-6-12(16)14(15(10)17)13(18)7-5-11-3-2-8-19-9-11/h2-4,6,8-9,13H,5,7,18H2,1H3. The Morgan fingerprint density at radius 1 is 1.26 bits per heavy atom. The van der Waals surface area contributed by atoms with Crippen molar-refractivity contribution in [1.82, 2.24) is 4.98 Å². The first-order chi connectivity index (χ1) is 9.09. The molecule has 0 radical (unpaired) electrons. The summed E-state index contributed by atoms with van der Waals surface area (Å²) in [6, 6.07) is 5.77. The third kappa shape index (κ3) is 3.15. The largest absolute Gasteiger partial charge is 0.324 e. The zero-order valence-electron chi connectivity index (χ0n) is 10.7. The number of nitrogens with two attached hydrogens (primary N) is 1. The van der Waals surface area contributed by atoms with Gasteiger partial charge in [0.1, 0.15) is 11.6 Å². The number of rotatable bonds is 4. The molecule has 2 aromatic rings. The number of nitrogens with zero attached hydrogens (tertiary/aromatic N) is 1. The fourth-order valence-corrected chi connectivity index (χ4v) is 2.03. The van der Waals surface area contributed by atoms with Crippen molar-refractivity contribution in [1.29, 1.82) is 0 Å². The maximum Gasteiger partial charge on any atom is 0.133 e. The van der Waals surface area contributed by atoms with Crippen molar-refractivity contribution >= 4 is 0 Å². The molecule has 0 aliphatic rings. The molecule has 0 amide bonds. The molecule has 2 nitrogen and oxygen atoms in total. The summed E-state index contributed by atoms with van der Waals surface area (Å²) in [5, 5.41) is 0. The summed E-state index contributed by atoms with van der Waals surface area (Å²) in [5.74, 6) is -1.12. The van der Waals surface area contributed by atoms with E-state index in [0.29, 0.717) is 18.4 Å². The Kier molecular flexibility index (Phi) is 4.22. The third-order valence-corrected chi connectivity index (χ3v) is 3.16. The highest BCUT2D eigenvalue weighted by molar-refractivity contribution is 5.29. The number of aromatic nitrogens is 1. The van der Waals surface area contributed by atoms with Crippen molar-refractivity contribution in [2.75, 3.05) is 0 Å². The number of hydrogen-bond donors (Lipinski definition) is 1. The molecule has 2 rings (SSSR count). The van der Waals surface area contributed by atoms with Crippen molar-refractivity contribution in [2.45, 2.75) is 25.8 Å². The summed E-state index contributed by atoms with van der Waals surface area (Å²) in [4.78, 5) is 4.00. The van der Waals surface area contributed by atoms with Gasteiger partial charge in [-0.2, -0.15) is 0 Å². The van der Waals surface area contributed by atoms with Gasteiger partial charge in [-0.3, -0.25) is 4.98 Å². The molecule has 0 aliphatic heterocycles. The SMILES string of the molecule is Cc1ccc(F)c(C(N)CCc2cccnc2)c1F. The quantitative estimate of drug-likeness (QED) is 0.918. The molecule has 0 spiro atoms. The van der Waals surface area contributed by atoms with Gasteiger partial charge in [0.15, 0.2) is 0 Å². The first-order valence-electron chi connectivity index (χ1n) is 6.18. The van der Waals surface area contributed by atoms with Crippen LogP contribution in [0.15, 0.2) is 36.7 Å². The van der Waals surface area contributed by atoms with Gasteiger partial charge in [0.05, 0.1) is 0 Å². The van der Waals surface area contributed by atoms with E-state index in [1.54, 1.807) is 19.3 Å². The number of aryl methyl sites for hydroxylation is 2. The van der Waals surface area contributed by atoms with Gasteiger partial charge >= 0.3 is 0 Å². The van der Waals surface area contributed by atoms with Gasteiger partial charge in [-0.05, 0) is 43.0 Å². The molecule has 1 heterocycles. The van der Waals surface area contributed by atoms with Gasteiger partial charge in [0, 0.05) is 24.0 Å². The molecule has 100 valence electrons. The lowest BCUT2D eigenvalue weighted by Gasteiger charge is -2.15. The minimum absolute atomic E-state index is 0.0242. The average Bonchev–Trinajstić information content (AvgIpc) is 2.42. The van der Waals surface area contributed by atoms with E-state index in [-0.39, 0.29) is 5.56 Å². The van der Waals surface area contributed by atoms with E-state index in [4.69, 9.17) is 5.73 Å². The van der Waals surface area contributed by atoms with E-state index < -0.39 is 17.7 Å². The van der Waals surface area contributed by atoms with Crippen LogP contribution in [0.1, 0.15) is 29.2 Å². The molecule has 4 heteroatoms. The Balaban J connectivity index is 2.12. The van der Waals surface area contributed by atoms with E-state index in [0.717, 1.165) is 5.56 Å². The second-order valence-corrected chi connectivity index (χ2v) is 4.60. The highest BCUT2D eigenvalue weighted by Crippen LogP contribution is 2.24. The van der Waals surface area contributed by atoms with Crippen LogP contribution < -0.4 is 5.73 Å². The smallest absolute Gasteiger partial charge is 0.133 e. The molecular formula is C15H16F2N2. The summed E-state index contributed by atoms with van der Waals surface area (Å²) in [7, 11) is 0. The van der Waals surface area contributed by atoms with Gasteiger partial charge in [0.25, 0.3) is 0 Å². The summed E-state index contributed by atoms with van der Waals surface area (Å²) < 4.78 is 27.6. The Labute approximate surface area is 111 Å². The lowest BCUT2D eigenvalue weighted by molar-refractivity contribution is 0.508. The molecule has 0 aliphatic carbocycles. The van der Waals surface area contributed by atoms with Gasteiger partial charge in [-0.15, -0.1) is 0 Å². The summed E-state index contributed by atoms with van der Waals surface area (Å²) in [6.07, 6.45) is 4.53. The number of pyridine rings is 1. The minimum atomic E-state index is -0.653. The summed E-state index contributed by atoms with van der Waals surface area (Å²) in [6.45, 7) is 1.60. The fourth-order valence-electron chi connectivity index (χ4n) is 2.03. The predicted octanol–water partition coefficient (Wildman–Crippen LogP) is 3.30. The first-order valence-corrected chi connectivity index (χ1v) is 6.18. The molecule has 0 saturated heterocycles. The lowest BCUT2D eigenvalue weighted by atomic mass is 9.98. The summed E-state index contributed by atoms with van der Waals surface area (Å²) >= 11 is 0. The van der Waals surface area contributed by atoms with Crippen molar-refractivity contribution in [3.8, 4) is 0 Å². The third-order valence-electron chi connectivity index (χ3n) is 3.16. The Bertz CT molecular complexity index is 556. The van der Waals surface area contributed by atoms with Crippen molar-refractivity contribution < 1.29 is 8.78 Å². The monoisotopic (exact) mass is 262 g/mol. The molecule has 0 bridgehead atoms. The normalized spacial score (nSPS) is 12.4. The van der Waals surface area contributed by atoms with E-state index in [1.165, 1.54) is 12.1 Å². The van der Waals surface area contributed by atoms with Gasteiger partial charge < -0.3 is 5.73 Å². The molecule has 1 aromatic carbocycles. The second kappa shape index (κ2) is 5.89. The summed E-state index contributed by atoms with van der Waals surface area (Å²) in [5.41, 5.74) is 7.31. The number of halogens is 2.